The number of para-hydroxylation sites is 2. The summed E-state index contributed by atoms with van der Waals surface area (Å²) in [5, 5.41) is 5.24. The highest BCUT2D eigenvalue weighted by molar-refractivity contribution is 7.20. The van der Waals surface area contributed by atoms with Gasteiger partial charge in [-0.05, 0) is 24.3 Å². The Morgan fingerprint density at radius 3 is 2.78 bits per heavy atom. The molecule has 0 spiro atoms. The predicted molar refractivity (Wildman–Crippen MR) is 100 cm³/mol. The maximum atomic E-state index is 12.2. The zero-order valence-corrected chi connectivity index (χ0v) is 14.7. The fourth-order valence-corrected chi connectivity index (χ4v) is 3.62. The zero-order chi connectivity index (χ0) is 18.2. The van der Waals surface area contributed by atoms with Gasteiger partial charge in [0.25, 0.3) is 0 Å². The van der Waals surface area contributed by atoms with Gasteiger partial charge in [0.05, 0.1) is 10.2 Å². The summed E-state index contributed by atoms with van der Waals surface area (Å²) in [6.07, 6.45) is 0. The van der Waals surface area contributed by atoms with E-state index in [4.69, 9.17) is 13.7 Å². The van der Waals surface area contributed by atoms with E-state index in [0.717, 1.165) is 21.2 Å². The lowest BCUT2D eigenvalue weighted by molar-refractivity contribution is 0.0464. The van der Waals surface area contributed by atoms with Gasteiger partial charge in [0, 0.05) is 11.5 Å². The van der Waals surface area contributed by atoms with Gasteiger partial charge in [0.15, 0.2) is 5.76 Å². The molecular formula is C20H12N2O4S. The molecule has 5 aromatic rings. The number of ether oxygens (including phenoxy) is 1. The van der Waals surface area contributed by atoms with Crippen LogP contribution in [0.25, 0.3) is 32.7 Å². The molecule has 0 amide bonds. The van der Waals surface area contributed by atoms with Crippen LogP contribution in [0.15, 0.2) is 69.6 Å². The molecule has 132 valence electrons. The number of rotatable bonds is 4. The Kier molecular flexibility index (Phi) is 3.72. The Balaban J connectivity index is 1.31. The molecule has 0 bridgehead atoms. The summed E-state index contributed by atoms with van der Waals surface area (Å²) in [5.41, 5.74) is 2.05. The van der Waals surface area contributed by atoms with E-state index in [1.165, 1.54) is 11.3 Å². The van der Waals surface area contributed by atoms with Crippen LogP contribution >= 0.6 is 11.3 Å². The molecule has 27 heavy (non-hydrogen) atoms. The van der Waals surface area contributed by atoms with E-state index < -0.39 is 5.97 Å². The number of benzene rings is 2. The van der Waals surface area contributed by atoms with Crippen LogP contribution in [-0.4, -0.2) is 16.1 Å². The van der Waals surface area contributed by atoms with Gasteiger partial charge in [-0.2, -0.15) is 0 Å². The van der Waals surface area contributed by atoms with E-state index in [-0.39, 0.29) is 6.61 Å². The Labute approximate surface area is 157 Å². The average Bonchev–Trinajstić information content (AvgIpc) is 3.42. The van der Waals surface area contributed by atoms with Crippen molar-refractivity contribution in [3.8, 4) is 11.5 Å². The highest BCUT2D eigenvalue weighted by atomic mass is 32.1. The van der Waals surface area contributed by atoms with Crippen molar-refractivity contribution in [2.45, 2.75) is 6.61 Å². The van der Waals surface area contributed by atoms with Crippen LogP contribution < -0.4 is 0 Å². The number of nitrogens with zero attached hydrogens (tertiary/aromatic N) is 2. The van der Waals surface area contributed by atoms with E-state index in [0.29, 0.717) is 22.2 Å². The first-order chi connectivity index (χ1) is 13.3. The fraction of sp³-hybridized carbons (Fsp3) is 0.0500. The molecule has 0 unspecified atom stereocenters. The summed E-state index contributed by atoms with van der Waals surface area (Å²) >= 11 is 1.30. The maximum absolute atomic E-state index is 12.2. The highest BCUT2D eigenvalue weighted by Crippen LogP contribution is 2.28. The quantitative estimate of drug-likeness (QED) is 0.408. The van der Waals surface area contributed by atoms with Crippen molar-refractivity contribution in [3.05, 3.63) is 71.4 Å². The first kappa shape index (κ1) is 15.8. The number of fused-ring (bicyclic) bond motifs is 2. The van der Waals surface area contributed by atoms with Crippen molar-refractivity contribution >= 4 is 38.5 Å². The average molecular weight is 376 g/mol. The van der Waals surface area contributed by atoms with Gasteiger partial charge < -0.3 is 13.7 Å². The Morgan fingerprint density at radius 2 is 1.89 bits per heavy atom. The van der Waals surface area contributed by atoms with Crippen molar-refractivity contribution in [2.75, 3.05) is 0 Å². The number of hydrogen-bond acceptors (Lipinski definition) is 7. The minimum atomic E-state index is -0.482. The summed E-state index contributed by atoms with van der Waals surface area (Å²) in [4.78, 5) is 16.5. The van der Waals surface area contributed by atoms with Gasteiger partial charge in [-0.15, -0.1) is 11.3 Å². The summed E-state index contributed by atoms with van der Waals surface area (Å²) in [7, 11) is 0. The number of aromatic nitrogens is 2. The maximum Gasteiger partial charge on any atom is 0.367 e. The third kappa shape index (κ3) is 2.98. The van der Waals surface area contributed by atoms with Crippen molar-refractivity contribution in [1.29, 1.82) is 0 Å². The van der Waals surface area contributed by atoms with E-state index in [2.05, 4.69) is 10.1 Å². The number of thiazole rings is 1. The van der Waals surface area contributed by atoms with Gasteiger partial charge in [0.1, 0.15) is 17.9 Å². The van der Waals surface area contributed by atoms with Crippen LogP contribution in [0.3, 0.4) is 0 Å². The molecule has 0 saturated heterocycles. The summed E-state index contributed by atoms with van der Waals surface area (Å²) in [6, 6.07) is 18.8. The first-order valence-corrected chi connectivity index (χ1v) is 9.05. The molecule has 6 nitrogen and oxygen atoms in total. The second-order valence-corrected chi connectivity index (χ2v) is 6.92. The molecule has 0 atom stereocenters. The van der Waals surface area contributed by atoms with Crippen LogP contribution in [0.4, 0.5) is 0 Å². The second kappa shape index (κ2) is 6.37. The molecule has 0 fully saturated rings. The van der Waals surface area contributed by atoms with Gasteiger partial charge in [-0.25, -0.2) is 9.78 Å². The van der Waals surface area contributed by atoms with Crippen molar-refractivity contribution in [2.24, 2.45) is 0 Å². The highest BCUT2D eigenvalue weighted by Gasteiger charge is 2.16. The third-order valence-corrected chi connectivity index (χ3v) is 5.06. The molecule has 0 N–H and O–H groups in total. The minimum absolute atomic E-state index is 0.00150. The fourth-order valence-electron chi connectivity index (χ4n) is 2.76. The van der Waals surface area contributed by atoms with Gasteiger partial charge in [-0.1, -0.05) is 35.5 Å². The normalized spacial score (nSPS) is 11.3. The molecular weight excluding hydrogens is 364 g/mol. The van der Waals surface area contributed by atoms with Crippen LogP contribution in [-0.2, 0) is 11.3 Å². The lowest BCUT2D eigenvalue weighted by Gasteiger charge is -1.97. The molecule has 3 heterocycles. The van der Waals surface area contributed by atoms with Crippen LogP contribution in [0, 0.1) is 0 Å². The molecule has 3 aromatic heterocycles. The standard InChI is InChI=1S/C20H12N2O4S/c23-20(19-21-14-6-2-4-8-18(14)27-19)24-11-13-10-17(26-22-13)16-9-12-5-1-3-7-15(12)25-16/h1-10H,11H2. The summed E-state index contributed by atoms with van der Waals surface area (Å²) in [5.74, 6) is 0.578. The lowest BCUT2D eigenvalue weighted by atomic mass is 10.2. The molecule has 0 aliphatic heterocycles. The van der Waals surface area contributed by atoms with Crippen LogP contribution in [0.2, 0.25) is 0 Å². The first-order valence-electron chi connectivity index (χ1n) is 8.23. The van der Waals surface area contributed by atoms with Crippen LogP contribution in [0.1, 0.15) is 15.5 Å². The van der Waals surface area contributed by atoms with Gasteiger partial charge >= 0.3 is 5.97 Å². The molecule has 0 radical (unpaired) electrons. The predicted octanol–water partition coefficient (Wildman–Crippen LogP) is 5.05. The van der Waals surface area contributed by atoms with E-state index in [1.54, 1.807) is 6.07 Å². The molecule has 0 saturated carbocycles. The van der Waals surface area contributed by atoms with Crippen molar-refractivity contribution < 1.29 is 18.5 Å². The van der Waals surface area contributed by atoms with Gasteiger partial charge in [-0.3, -0.25) is 0 Å². The van der Waals surface area contributed by atoms with E-state index in [9.17, 15) is 4.79 Å². The summed E-state index contributed by atoms with van der Waals surface area (Å²) < 4.78 is 17.3. The lowest BCUT2D eigenvalue weighted by Crippen LogP contribution is -2.04. The number of furan rings is 1. The zero-order valence-electron chi connectivity index (χ0n) is 13.9. The van der Waals surface area contributed by atoms with E-state index >= 15 is 0 Å². The van der Waals surface area contributed by atoms with Crippen LogP contribution in [0.5, 0.6) is 0 Å². The molecule has 2 aromatic carbocycles. The number of hydrogen-bond donors (Lipinski definition) is 0. The second-order valence-electron chi connectivity index (χ2n) is 5.89. The number of carbonyl (C=O) groups is 1. The minimum Gasteiger partial charge on any atom is -0.454 e. The Hall–Kier alpha value is -3.45. The smallest absolute Gasteiger partial charge is 0.367 e. The summed E-state index contributed by atoms with van der Waals surface area (Å²) in [6.45, 7) is -0.00150. The largest absolute Gasteiger partial charge is 0.454 e. The molecule has 5 rings (SSSR count). The monoisotopic (exact) mass is 376 g/mol. The number of esters is 1. The molecule has 7 heteroatoms. The third-order valence-electron chi connectivity index (χ3n) is 4.05. The van der Waals surface area contributed by atoms with Crippen molar-refractivity contribution in [1.82, 2.24) is 10.1 Å². The molecule has 0 aliphatic carbocycles. The molecule has 0 aliphatic rings. The van der Waals surface area contributed by atoms with E-state index in [1.807, 2.05) is 54.6 Å². The Bertz CT molecular complexity index is 1200. The topological polar surface area (TPSA) is 78.4 Å². The Morgan fingerprint density at radius 1 is 1.04 bits per heavy atom. The number of carbonyl (C=O) groups excluding carboxylic acids is 1. The van der Waals surface area contributed by atoms with Crippen molar-refractivity contribution in [3.63, 3.8) is 0 Å². The SMILES string of the molecule is O=C(OCc1cc(-c2cc3ccccc3o2)on1)c1nc2ccccc2s1. The van der Waals surface area contributed by atoms with Gasteiger partial charge in [0.2, 0.25) is 10.8 Å².